The van der Waals surface area contributed by atoms with Gasteiger partial charge in [-0.1, -0.05) is 35.9 Å². The summed E-state index contributed by atoms with van der Waals surface area (Å²) in [6.07, 6.45) is 3.41. The Morgan fingerprint density at radius 2 is 2.11 bits per heavy atom. The number of aryl methyl sites for hydroxylation is 1. The van der Waals surface area contributed by atoms with Gasteiger partial charge in [-0.05, 0) is 30.2 Å². The molecule has 0 bridgehead atoms. The Kier molecular flexibility index (Phi) is 6.64. The molecule has 0 aliphatic heterocycles. The van der Waals surface area contributed by atoms with E-state index in [1.165, 1.54) is 0 Å². The fourth-order valence-corrected chi connectivity index (χ4v) is 2.68. The molecule has 28 heavy (non-hydrogen) atoms. The minimum atomic E-state index is -0.565. The van der Waals surface area contributed by atoms with Crippen LogP contribution in [0.2, 0.25) is 0 Å². The number of amides is 1. The zero-order chi connectivity index (χ0) is 19.8. The average molecular weight is 381 g/mol. The lowest BCUT2D eigenvalue weighted by Gasteiger charge is -2.14. The highest BCUT2D eigenvalue weighted by molar-refractivity contribution is 5.87. The van der Waals surface area contributed by atoms with Crippen LogP contribution in [0.15, 0.2) is 54.9 Å². The molecule has 0 spiro atoms. The number of benzene rings is 2. The summed E-state index contributed by atoms with van der Waals surface area (Å²) in [5.74, 6) is 0.500. The van der Waals surface area contributed by atoms with Crippen LogP contribution in [0.25, 0.3) is 11.1 Å². The van der Waals surface area contributed by atoms with Gasteiger partial charge in [0.15, 0.2) is 0 Å². The number of aromatic nitrogens is 2. The minimum Gasteiger partial charge on any atom is -0.491 e. The van der Waals surface area contributed by atoms with Crippen LogP contribution in [0.1, 0.15) is 17.5 Å². The second kappa shape index (κ2) is 9.57. The van der Waals surface area contributed by atoms with Crippen molar-refractivity contribution in [2.75, 3.05) is 18.5 Å². The Labute approximate surface area is 163 Å². The van der Waals surface area contributed by atoms with E-state index >= 15 is 0 Å². The molecule has 0 saturated heterocycles. The second-order valence-corrected chi connectivity index (χ2v) is 6.31. The minimum absolute atomic E-state index is 0.0305. The number of H-pyrrole nitrogens is 1. The third-order valence-electron chi connectivity index (χ3n) is 4.06. The monoisotopic (exact) mass is 381 g/mol. The van der Waals surface area contributed by atoms with Crippen molar-refractivity contribution >= 4 is 11.8 Å². The van der Waals surface area contributed by atoms with Crippen molar-refractivity contribution in [1.29, 1.82) is 0 Å². The molecule has 0 aliphatic rings. The molecule has 1 amide bonds. The average Bonchev–Trinajstić information content (AvgIpc) is 3.23. The maximum absolute atomic E-state index is 12.2. The zero-order valence-electron chi connectivity index (χ0n) is 15.6. The quantitative estimate of drug-likeness (QED) is 0.514. The number of nitrogens with zero attached hydrogens (tertiary/aromatic N) is 1. The molecule has 7 nitrogen and oxygen atoms in total. The number of ether oxygens (including phenoxy) is 2. The highest BCUT2D eigenvalue weighted by atomic mass is 16.5. The van der Waals surface area contributed by atoms with E-state index < -0.39 is 6.09 Å². The Balaban J connectivity index is 1.69. The maximum Gasteiger partial charge on any atom is 0.412 e. The molecule has 0 atom stereocenters. The molecule has 2 aromatic carbocycles. The smallest absolute Gasteiger partial charge is 0.412 e. The van der Waals surface area contributed by atoms with Crippen LogP contribution in [0.3, 0.4) is 0 Å². The summed E-state index contributed by atoms with van der Waals surface area (Å²) >= 11 is 0. The lowest BCUT2D eigenvalue weighted by Crippen LogP contribution is -2.14. The fraction of sp³-hybridized carbons (Fsp3) is 0.238. The number of aromatic amines is 1. The molecular formula is C21H23N3O4. The molecule has 0 unspecified atom stereocenters. The SMILES string of the molecule is Cc1cccc(COC(=O)Nc2ccc(-c3cn[nH]c3)cc2OCCCO)c1. The summed E-state index contributed by atoms with van der Waals surface area (Å²) in [6.45, 7) is 2.53. The summed E-state index contributed by atoms with van der Waals surface area (Å²) in [6, 6.07) is 13.2. The van der Waals surface area contributed by atoms with Gasteiger partial charge in [0.05, 0.1) is 18.5 Å². The zero-order valence-corrected chi connectivity index (χ0v) is 15.6. The van der Waals surface area contributed by atoms with Crippen LogP contribution in [-0.2, 0) is 11.3 Å². The van der Waals surface area contributed by atoms with E-state index in [0.717, 1.165) is 22.3 Å². The number of carbonyl (C=O) groups is 1. The molecule has 3 N–H and O–H groups in total. The van der Waals surface area contributed by atoms with Gasteiger partial charge >= 0.3 is 6.09 Å². The Bertz CT molecular complexity index is 910. The highest BCUT2D eigenvalue weighted by Crippen LogP contribution is 2.31. The molecule has 3 aromatic rings. The van der Waals surface area contributed by atoms with Crippen LogP contribution >= 0.6 is 0 Å². The first kappa shape index (κ1) is 19.4. The topological polar surface area (TPSA) is 96.5 Å². The molecule has 1 aromatic heterocycles. The summed E-state index contributed by atoms with van der Waals surface area (Å²) < 4.78 is 11.0. The van der Waals surface area contributed by atoms with Crippen molar-refractivity contribution in [3.05, 3.63) is 66.0 Å². The van der Waals surface area contributed by atoms with Gasteiger partial charge in [0.25, 0.3) is 0 Å². The number of nitrogens with one attached hydrogen (secondary N) is 2. The summed E-state index contributed by atoms with van der Waals surface area (Å²) in [7, 11) is 0. The van der Waals surface area contributed by atoms with E-state index in [-0.39, 0.29) is 13.2 Å². The van der Waals surface area contributed by atoms with Crippen molar-refractivity contribution in [1.82, 2.24) is 10.2 Å². The number of anilines is 1. The van der Waals surface area contributed by atoms with Gasteiger partial charge in [-0.2, -0.15) is 5.10 Å². The van der Waals surface area contributed by atoms with E-state index in [1.807, 2.05) is 43.3 Å². The number of carbonyl (C=O) groups excluding carboxylic acids is 1. The van der Waals surface area contributed by atoms with Gasteiger partial charge in [0.1, 0.15) is 12.4 Å². The Morgan fingerprint density at radius 3 is 2.86 bits per heavy atom. The molecule has 0 saturated carbocycles. The first-order chi connectivity index (χ1) is 13.7. The number of aliphatic hydroxyl groups excluding tert-OH is 1. The predicted molar refractivity (Wildman–Crippen MR) is 106 cm³/mol. The van der Waals surface area contributed by atoms with Gasteiger partial charge in [0.2, 0.25) is 0 Å². The fourth-order valence-electron chi connectivity index (χ4n) is 2.68. The molecular weight excluding hydrogens is 358 g/mol. The highest BCUT2D eigenvalue weighted by Gasteiger charge is 2.12. The van der Waals surface area contributed by atoms with Gasteiger partial charge in [-0.25, -0.2) is 4.79 Å². The molecule has 0 aliphatic carbocycles. The number of aliphatic hydroxyl groups is 1. The molecule has 0 fully saturated rings. The summed E-state index contributed by atoms with van der Waals surface area (Å²) in [4.78, 5) is 12.2. The second-order valence-electron chi connectivity index (χ2n) is 6.31. The van der Waals surface area contributed by atoms with Crippen molar-refractivity contribution < 1.29 is 19.4 Å². The lowest BCUT2D eigenvalue weighted by molar-refractivity contribution is 0.155. The van der Waals surface area contributed by atoms with Gasteiger partial charge in [0, 0.05) is 24.8 Å². The van der Waals surface area contributed by atoms with Crippen molar-refractivity contribution in [2.45, 2.75) is 20.0 Å². The van der Waals surface area contributed by atoms with E-state index in [2.05, 4.69) is 15.5 Å². The van der Waals surface area contributed by atoms with Crippen molar-refractivity contribution in [3.63, 3.8) is 0 Å². The lowest BCUT2D eigenvalue weighted by atomic mass is 10.1. The Hall–Kier alpha value is -3.32. The normalized spacial score (nSPS) is 10.5. The van der Waals surface area contributed by atoms with Gasteiger partial charge < -0.3 is 14.6 Å². The van der Waals surface area contributed by atoms with E-state index in [9.17, 15) is 4.79 Å². The molecule has 3 rings (SSSR count). The van der Waals surface area contributed by atoms with Gasteiger partial charge in [-0.15, -0.1) is 0 Å². The maximum atomic E-state index is 12.2. The number of rotatable bonds is 8. The van der Waals surface area contributed by atoms with Crippen LogP contribution in [0.4, 0.5) is 10.5 Å². The first-order valence-corrected chi connectivity index (χ1v) is 9.02. The summed E-state index contributed by atoms with van der Waals surface area (Å²) in [5.41, 5.74) is 4.33. The van der Waals surface area contributed by atoms with Crippen LogP contribution in [-0.4, -0.2) is 34.6 Å². The first-order valence-electron chi connectivity index (χ1n) is 9.02. The van der Waals surface area contributed by atoms with Crippen LogP contribution < -0.4 is 10.1 Å². The largest absolute Gasteiger partial charge is 0.491 e. The molecule has 0 radical (unpaired) electrons. The molecule has 146 valence electrons. The third kappa shape index (κ3) is 5.34. The molecule has 1 heterocycles. The van der Waals surface area contributed by atoms with E-state index in [1.54, 1.807) is 18.5 Å². The molecule has 7 heteroatoms. The van der Waals surface area contributed by atoms with Gasteiger partial charge in [-0.3, -0.25) is 10.4 Å². The predicted octanol–water partition coefficient (Wildman–Crippen LogP) is 3.90. The van der Waals surface area contributed by atoms with E-state index in [0.29, 0.717) is 24.5 Å². The van der Waals surface area contributed by atoms with E-state index in [4.69, 9.17) is 14.6 Å². The van der Waals surface area contributed by atoms with Crippen molar-refractivity contribution in [2.24, 2.45) is 0 Å². The third-order valence-corrected chi connectivity index (χ3v) is 4.06. The van der Waals surface area contributed by atoms with Crippen LogP contribution in [0, 0.1) is 6.92 Å². The standard InChI is InChI=1S/C21H23N3O4/c1-15-4-2-5-16(10-15)14-28-21(26)24-19-7-6-17(18-12-22-23-13-18)11-20(19)27-9-3-8-25/h2,4-7,10-13,25H,3,8-9,14H2,1H3,(H,22,23)(H,24,26). The Morgan fingerprint density at radius 1 is 1.21 bits per heavy atom. The van der Waals surface area contributed by atoms with Crippen LogP contribution in [0.5, 0.6) is 5.75 Å². The number of hydrogen-bond acceptors (Lipinski definition) is 5. The van der Waals surface area contributed by atoms with Crippen molar-refractivity contribution in [3.8, 4) is 16.9 Å². The summed E-state index contributed by atoms with van der Waals surface area (Å²) in [5, 5.41) is 18.4. The number of hydrogen-bond donors (Lipinski definition) is 3.